The van der Waals surface area contributed by atoms with Crippen molar-refractivity contribution in [2.45, 2.75) is 32.6 Å². The lowest BCUT2D eigenvalue weighted by Crippen LogP contribution is -2.12. The minimum atomic E-state index is 0.00736. The molecule has 28 heavy (non-hydrogen) atoms. The van der Waals surface area contributed by atoms with Gasteiger partial charge in [-0.3, -0.25) is 9.59 Å². The van der Waals surface area contributed by atoms with Crippen molar-refractivity contribution < 1.29 is 9.59 Å². The maximum atomic E-state index is 12.3. The molecule has 0 unspecified atom stereocenters. The van der Waals surface area contributed by atoms with Gasteiger partial charge in [-0.1, -0.05) is 12.1 Å². The van der Waals surface area contributed by atoms with Crippen LogP contribution in [0.4, 0.5) is 11.4 Å². The molecule has 0 saturated carbocycles. The lowest BCUT2D eigenvalue weighted by Gasteiger charge is -2.11. The van der Waals surface area contributed by atoms with Crippen molar-refractivity contribution in [1.29, 1.82) is 0 Å². The molecular formula is C22H22N4O2. The van der Waals surface area contributed by atoms with Gasteiger partial charge in [0.1, 0.15) is 0 Å². The monoisotopic (exact) mass is 374 g/mol. The SMILES string of the molecule is Cc1cc(-n2cccn2)ccc1NC(=O)CCCc1ccc2c(c1)CC(=O)N2. The summed E-state index contributed by atoms with van der Waals surface area (Å²) in [5.74, 6) is 0.0495. The number of carbonyl (C=O) groups is 2. The highest BCUT2D eigenvalue weighted by Crippen LogP contribution is 2.24. The van der Waals surface area contributed by atoms with E-state index in [4.69, 9.17) is 0 Å². The van der Waals surface area contributed by atoms with Crippen LogP contribution >= 0.6 is 0 Å². The van der Waals surface area contributed by atoms with Crippen LogP contribution < -0.4 is 10.6 Å². The third-order valence-corrected chi connectivity index (χ3v) is 4.92. The van der Waals surface area contributed by atoms with Gasteiger partial charge in [-0.25, -0.2) is 4.68 Å². The van der Waals surface area contributed by atoms with E-state index in [-0.39, 0.29) is 11.8 Å². The van der Waals surface area contributed by atoms with Crippen molar-refractivity contribution >= 4 is 23.2 Å². The van der Waals surface area contributed by atoms with E-state index in [0.717, 1.165) is 46.6 Å². The van der Waals surface area contributed by atoms with Gasteiger partial charge < -0.3 is 10.6 Å². The second kappa shape index (κ2) is 7.68. The van der Waals surface area contributed by atoms with Crippen molar-refractivity contribution in [2.75, 3.05) is 10.6 Å². The van der Waals surface area contributed by atoms with Gasteiger partial charge in [0.25, 0.3) is 0 Å². The molecule has 0 aliphatic carbocycles. The fraction of sp³-hybridized carbons (Fsp3) is 0.227. The van der Waals surface area contributed by atoms with E-state index >= 15 is 0 Å². The number of benzene rings is 2. The summed E-state index contributed by atoms with van der Waals surface area (Å²) in [7, 11) is 0. The minimum absolute atomic E-state index is 0.00736. The number of hydrogen-bond acceptors (Lipinski definition) is 3. The second-order valence-corrected chi connectivity index (χ2v) is 7.07. The molecule has 0 bridgehead atoms. The number of hydrogen-bond donors (Lipinski definition) is 2. The molecule has 0 fully saturated rings. The van der Waals surface area contributed by atoms with E-state index in [2.05, 4.69) is 21.8 Å². The molecule has 2 N–H and O–H groups in total. The molecular weight excluding hydrogens is 352 g/mol. The maximum Gasteiger partial charge on any atom is 0.228 e. The Kier molecular flexibility index (Phi) is 4.93. The fourth-order valence-corrected chi connectivity index (χ4v) is 3.46. The largest absolute Gasteiger partial charge is 0.326 e. The standard InChI is InChI=1S/C22H22N4O2/c1-15-12-18(26-11-3-10-23-26)7-9-19(15)24-21(27)5-2-4-16-6-8-20-17(13-16)14-22(28)25-20/h3,6-13H,2,4-5,14H2,1H3,(H,24,27)(H,25,28). The Morgan fingerprint density at radius 2 is 2.14 bits per heavy atom. The first-order valence-electron chi connectivity index (χ1n) is 9.41. The Balaban J connectivity index is 1.30. The van der Waals surface area contributed by atoms with Crippen LogP contribution in [0.1, 0.15) is 29.5 Å². The Bertz CT molecular complexity index is 1030. The van der Waals surface area contributed by atoms with Gasteiger partial charge in [0.2, 0.25) is 11.8 Å². The quantitative estimate of drug-likeness (QED) is 0.692. The van der Waals surface area contributed by atoms with Crippen molar-refractivity contribution in [2.24, 2.45) is 0 Å². The van der Waals surface area contributed by atoms with Crippen LogP contribution in [0.25, 0.3) is 5.69 Å². The summed E-state index contributed by atoms with van der Waals surface area (Å²) >= 11 is 0. The number of nitrogens with one attached hydrogen (secondary N) is 2. The number of amides is 2. The number of fused-ring (bicyclic) bond motifs is 1. The summed E-state index contributed by atoms with van der Waals surface area (Å²) in [6, 6.07) is 13.7. The Morgan fingerprint density at radius 1 is 1.25 bits per heavy atom. The number of nitrogens with zero attached hydrogens (tertiary/aromatic N) is 2. The molecule has 0 saturated heterocycles. The zero-order chi connectivity index (χ0) is 19.5. The third-order valence-electron chi connectivity index (χ3n) is 4.92. The maximum absolute atomic E-state index is 12.3. The van der Waals surface area contributed by atoms with Gasteiger partial charge in [0.15, 0.2) is 0 Å². The lowest BCUT2D eigenvalue weighted by molar-refractivity contribution is -0.116. The zero-order valence-corrected chi connectivity index (χ0v) is 15.7. The number of carbonyl (C=O) groups excluding carboxylic acids is 2. The summed E-state index contributed by atoms with van der Waals surface area (Å²) in [4.78, 5) is 23.8. The molecule has 4 rings (SSSR count). The molecule has 1 aromatic heterocycles. The topological polar surface area (TPSA) is 76.0 Å². The highest BCUT2D eigenvalue weighted by Gasteiger charge is 2.17. The van der Waals surface area contributed by atoms with Crippen LogP contribution in [0.5, 0.6) is 0 Å². The van der Waals surface area contributed by atoms with E-state index in [0.29, 0.717) is 12.8 Å². The van der Waals surface area contributed by atoms with E-state index in [9.17, 15) is 9.59 Å². The number of rotatable bonds is 6. The molecule has 0 atom stereocenters. The second-order valence-electron chi connectivity index (χ2n) is 7.07. The summed E-state index contributed by atoms with van der Waals surface area (Å²) in [5.41, 5.74) is 5.88. The molecule has 6 nitrogen and oxygen atoms in total. The highest BCUT2D eigenvalue weighted by atomic mass is 16.2. The Hall–Kier alpha value is -3.41. The predicted octanol–water partition coefficient (Wildman–Crippen LogP) is 3.64. The molecule has 1 aliphatic heterocycles. The summed E-state index contributed by atoms with van der Waals surface area (Å²) in [6.45, 7) is 1.97. The molecule has 3 aromatic rings. The van der Waals surface area contributed by atoms with Crippen molar-refractivity contribution in [3.8, 4) is 5.69 Å². The smallest absolute Gasteiger partial charge is 0.228 e. The van der Waals surface area contributed by atoms with Gasteiger partial charge in [-0.15, -0.1) is 0 Å². The molecule has 2 heterocycles. The molecule has 6 heteroatoms. The highest BCUT2D eigenvalue weighted by molar-refractivity contribution is 5.99. The normalized spacial score (nSPS) is 12.5. The van der Waals surface area contributed by atoms with Crippen LogP contribution in [-0.4, -0.2) is 21.6 Å². The van der Waals surface area contributed by atoms with Crippen molar-refractivity contribution in [3.05, 3.63) is 71.5 Å². The number of aryl methyl sites for hydroxylation is 2. The molecule has 142 valence electrons. The average Bonchev–Trinajstić information content (AvgIpc) is 3.32. The van der Waals surface area contributed by atoms with Crippen LogP contribution in [0.15, 0.2) is 54.9 Å². The van der Waals surface area contributed by atoms with Gasteiger partial charge >= 0.3 is 0 Å². The number of anilines is 2. The Morgan fingerprint density at radius 3 is 2.93 bits per heavy atom. The molecule has 1 aliphatic rings. The van der Waals surface area contributed by atoms with Crippen molar-refractivity contribution in [3.63, 3.8) is 0 Å². The van der Waals surface area contributed by atoms with Gasteiger partial charge in [-0.05, 0) is 66.8 Å². The molecule has 2 aromatic carbocycles. The van der Waals surface area contributed by atoms with Gasteiger partial charge in [0, 0.05) is 30.2 Å². The minimum Gasteiger partial charge on any atom is -0.326 e. The summed E-state index contributed by atoms with van der Waals surface area (Å²) < 4.78 is 1.79. The first-order chi connectivity index (χ1) is 13.6. The van der Waals surface area contributed by atoms with Crippen LogP contribution in [0, 0.1) is 6.92 Å². The van der Waals surface area contributed by atoms with E-state index < -0.39 is 0 Å². The van der Waals surface area contributed by atoms with Crippen LogP contribution in [0.2, 0.25) is 0 Å². The number of aromatic nitrogens is 2. The van der Waals surface area contributed by atoms with Crippen molar-refractivity contribution in [1.82, 2.24) is 9.78 Å². The predicted molar refractivity (Wildman–Crippen MR) is 109 cm³/mol. The van der Waals surface area contributed by atoms with E-state index in [1.165, 1.54) is 0 Å². The lowest BCUT2D eigenvalue weighted by atomic mass is 10.0. The van der Waals surface area contributed by atoms with Crippen LogP contribution in [0.3, 0.4) is 0 Å². The van der Waals surface area contributed by atoms with Gasteiger partial charge in [-0.2, -0.15) is 5.10 Å². The molecule has 0 spiro atoms. The summed E-state index contributed by atoms with van der Waals surface area (Å²) in [5, 5.41) is 10.0. The zero-order valence-electron chi connectivity index (χ0n) is 15.7. The molecule has 0 radical (unpaired) electrons. The van der Waals surface area contributed by atoms with E-state index in [1.807, 2.05) is 49.5 Å². The molecule has 2 amide bonds. The average molecular weight is 374 g/mol. The fourth-order valence-electron chi connectivity index (χ4n) is 3.46. The summed E-state index contributed by atoms with van der Waals surface area (Å²) in [6.07, 6.45) is 6.09. The van der Waals surface area contributed by atoms with Gasteiger partial charge in [0.05, 0.1) is 12.1 Å². The Labute approximate surface area is 163 Å². The van der Waals surface area contributed by atoms with E-state index in [1.54, 1.807) is 10.9 Å². The third kappa shape index (κ3) is 3.96. The first-order valence-corrected chi connectivity index (χ1v) is 9.41. The van der Waals surface area contributed by atoms with Crippen LogP contribution in [-0.2, 0) is 22.4 Å². The first kappa shape index (κ1) is 18.0.